The van der Waals surface area contributed by atoms with Crippen LogP contribution in [-0.2, 0) is 4.79 Å². The molecular formula is C14H23NO2. The molecular weight excluding hydrogens is 214 g/mol. The SMILES string of the molecule is O=C(O)C[C@H]1CCCCN(C2CC2)[C@@H]1C1CC1. The van der Waals surface area contributed by atoms with Gasteiger partial charge in [0.2, 0.25) is 0 Å². The molecule has 17 heavy (non-hydrogen) atoms. The van der Waals surface area contributed by atoms with Crippen molar-refractivity contribution < 1.29 is 9.90 Å². The number of carboxylic acids is 1. The molecule has 0 aromatic rings. The van der Waals surface area contributed by atoms with Crippen LogP contribution in [0.15, 0.2) is 0 Å². The highest BCUT2D eigenvalue weighted by Gasteiger charge is 2.45. The van der Waals surface area contributed by atoms with E-state index in [9.17, 15) is 4.79 Å². The molecule has 0 aromatic heterocycles. The highest BCUT2D eigenvalue weighted by molar-refractivity contribution is 5.67. The smallest absolute Gasteiger partial charge is 0.303 e. The van der Waals surface area contributed by atoms with Crippen LogP contribution in [0.5, 0.6) is 0 Å². The first kappa shape index (κ1) is 11.5. The van der Waals surface area contributed by atoms with Crippen molar-refractivity contribution in [2.75, 3.05) is 6.54 Å². The number of rotatable bonds is 4. The molecule has 3 heteroatoms. The second-order valence-electron chi connectivity index (χ2n) is 6.15. The van der Waals surface area contributed by atoms with Gasteiger partial charge in [-0.15, -0.1) is 0 Å². The molecule has 1 aliphatic heterocycles. The van der Waals surface area contributed by atoms with Crippen LogP contribution in [0.2, 0.25) is 0 Å². The minimum absolute atomic E-state index is 0.393. The van der Waals surface area contributed by atoms with Crippen molar-refractivity contribution in [3.63, 3.8) is 0 Å². The lowest BCUT2D eigenvalue weighted by molar-refractivity contribution is -0.138. The highest BCUT2D eigenvalue weighted by atomic mass is 16.4. The van der Waals surface area contributed by atoms with Gasteiger partial charge in [-0.2, -0.15) is 0 Å². The molecule has 3 nitrogen and oxygen atoms in total. The van der Waals surface area contributed by atoms with Gasteiger partial charge in [0.1, 0.15) is 0 Å². The second kappa shape index (κ2) is 4.60. The predicted molar refractivity (Wildman–Crippen MR) is 65.8 cm³/mol. The molecule has 3 aliphatic rings. The lowest BCUT2D eigenvalue weighted by Gasteiger charge is -2.35. The standard InChI is InChI=1S/C14H23NO2/c16-13(17)9-11-3-1-2-8-15(12-6-7-12)14(11)10-4-5-10/h10-12,14H,1-9H2,(H,16,17)/t11-,14-/m1/s1. The third-order valence-electron chi connectivity index (χ3n) is 4.66. The quantitative estimate of drug-likeness (QED) is 0.816. The van der Waals surface area contributed by atoms with E-state index in [0.29, 0.717) is 18.4 Å². The summed E-state index contributed by atoms with van der Waals surface area (Å²) in [6.07, 6.45) is 9.40. The maximum Gasteiger partial charge on any atom is 0.303 e. The maximum absolute atomic E-state index is 11.0. The Morgan fingerprint density at radius 3 is 2.47 bits per heavy atom. The summed E-state index contributed by atoms with van der Waals surface area (Å²) in [5, 5.41) is 9.10. The lowest BCUT2D eigenvalue weighted by Crippen LogP contribution is -2.43. The first-order valence-electron chi connectivity index (χ1n) is 7.23. The Kier molecular flexibility index (Phi) is 3.12. The summed E-state index contributed by atoms with van der Waals surface area (Å²) < 4.78 is 0. The van der Waals surface area contributed by atoms with Crippen molar-refractivity contribution in [1.82, 2.24) is 4.90 Å². The lowest BCUT2D eigenvalue weighted by atomic mass is 9.88. The van der Waals surface area contributed by atoms with Crippen molar-refractivity contribution in [3.8, 4) is 0 Å². The first-order valence-corrected chi connectivity index (χ1v) is 7.23. The van der Waals surface area contributed by atoms with Gasteiger partial charge in [0.15, 0.2) is 0 Å². The van der Waals surface area contributed by atoms with E-state index < -0.39 is 5.97 Å². The number of carboxylic acid groups (broad SMARTS) is 1. The van der Waals surface area contributed by atoms with Gasteiger partial charge in [-0.1, -0.05) is 6.42 Å². The molecule has 2 aliphatic carbocycles. The van der Waals surface area contributed by atoms with Crippen molar-refractivity contribution in [3.05, 3.63) is 0 Å². The van der Waals surface area contributed by atoms with Crippen LogP contribution in [0, 0.1) is 11.8 Å². The molecule has 1 heterocycles. The Morgan fingerprint density at radius 1 is 1.12 bits per heavy atom. The summed E-state index contributed by atoms with van der Waals surface area (Å²) in [5.74, 6) is 0.638. The van der Waals surface area contributed by atoms with E-state index in [1.54, 1.807) is 0 Å². The molecule has 2 atom stereocenters. The van der Waals surface area contributed by atoms with Crippen molar-refractivity contribution in [2.45, 2.75) is 63.5 Å². The van der Waals surface area contributed by atoms with E-state index >= 15 is 0 Å². The molecule has 0 amide bonds. The van der Waals surface area contributed by atoms with E-state index in [2.05, 4.69) is 4.90 Å². The van der Waals surface area contributed by atoms with Gasteiger partial charge >= 0.3 is 5.97 Å². The Morgan fingerprint density at radius 2 is 1.88 bits per heavy atom. The fourth-order valence-electron chi connectivity index (χ4n) is 3.66. The van der Waals surface area contributed by atoms with Crippen LogP contribution in [0.25, 0.3) is 0 Å². The number of hydrogen-bond acceptors (Lipinski definition) is 2. The topological polar surface area (TPSA) is 40.5 Å². The van der Waals surface area contributed by atoms with Crippen LogP contribution >= 0.6 is 0 Å². The van der Waals surface area contributed by atoms with E-state index in [0.717, 1.165) is 18.4 Å². The molecule has 1 saturated heterocycles. The molecule has 0 unspecified atom stereocenters. The third-order valence-corrected chi connectivity index (χ3v) is 4.66. The number of hydrogen-bond donors (Lipinski definition) is 1. The Balaban J connectivity index is 1.75. The van der Waals surface area contributed by atoms with Crippen LogP contribution in [0.3, 0.4) is 0 Å². The van der Waals surface area contributed by atoms with Gasteiger partial charge in [0.25, 0.3) is 0 Å². The van der Waals surface area contributed by atoms with Gasteiger partial charge in [0.05, 0.1) is 0 Å². The van der Waals surface area contributed by atoms with E-state index in [1.807, 2.05) is 0 Å². The number of nitrogens with zero attached hydrogens (tertiary/aromatic N) is 1. The Bertz CT molecular complexity index is 297. The molecule has 2 saturated carbocycles. The largest absolute Gasteiger partial charge is 0.481 e. The molecule has 0 spiro atoms. The zero-order valence-electron chi connectivity index (χ0n) is 10.5. The minimum Gasteiger partial charge on any atom is -0.481 e. The van der Waals surface area contributed by atoms with Crippen molar-refractivity contribution in [2.24, 2.45) is 11.8 Å². The van der Waals surface area contributed by atoms with E-state index in [-0.39, 0.29) is 0 Å². The second-order valence-corrected chi connectivity index (χ2v) is 6.15. The minimum atomic E-state index is -0.599. The van der Waals surface area contributed by atoms with Gasteiger partial charge in [-0.25, -0.2) is 0 Å². The molecule has 0 bridgehead atoms. The van der Waals surface area contributed by atoms with Gasteiger partial charge in [0, 0.05) is 18.5 Å². The van der Waals surface area contributed by atoms with E-state index in [4.69, 9.17) is 5.11 Å². The third kappa shape index (κ3) is 2.65. The molecule has 0 aromatic carbocycles. The molecule has 3 fully saturated rings. The van der Waals surface area contributed by atoms with Gasteiger partial charge in [-0.05, 0) is 56.9 Å². The molecule has 0 radical (unpaired) electrons. The maximum atomic E-state index is 11.0. The first-order chi connectivity index (χ1) is 8.25. The number of aliphatic carboxylic acids is 1. The Labute approximate surface area is 103 Å². The Hall–Kier alpha value is -0.570. The van der Waals surface area contributed by atoms with Crippen LogP contribution < -0.4 is 0 Å². The summed E-state index contributed by atoms with van der Waals surface area (Å²) in [6, 6.07) is 1.40. The van der Waals surface area contributed by atoms with Crippen LogP contribution in [0.1, 0.15) is 51.4 Å². The zero-order chi connectivity index (χ0) is 11.8. The fraction of sp³-hybridized carbons (Fsp3) is 0.929. The molecule has 96 valence electrons. The number of likely N-dealkylation sites (tertiary alicyclic amines) is 1. The molecule has 1 N–H and O–H groups in total. The normalized spacial score (nSPS) is 35.5. The average molecular weight is 237 g/mol. The molecule has 3 rings (SSSR count). The van der Waals surface area contributed by atoms with Crippen LogP contribution in [0.4, 0.5) is 0 Å². The predicted octanol–water partition coefficient (Wildman–Crippen LogP) is 2.50. The van der Waals surface area contributed by atoms with Crippen molar-refractivity contribution >= 4 is 5.97 Å². The van der Waals surface area contributed by atoms with Crippen molar-refractivity contribution in [1.29, 1.82) is 0 Å². The summed E-state index contributed by atoms with van der Waals surface area (Å²) in [6.45, 7) is 1.22. The number of carbonyl (C=O) groups is 1. The summed E-state index contributed by atoms with van der Waals surface area (Å²) in [7, 11) is 0. The average Bonchev–Trinajstić information content (AvgIpc) is 3.13. The van der Waals surface area contributed by atoms with Gasteiger partial charge in [-0.3, -0.25) is 9.69 Å². The highest BCUT2D eigenvalue weighted by Crippen LogP contribution is 2.45. The summed E-state index contributed by atoms with van der Waals surface area (Å²) in [4.78, 5) is 13.7. The summed E-state index contributed by atoms with van der Waals surface area (Å²) >= 11 is 0. The monoisotopic (exact) mass is 237 g/mol. The van der Waals surface area contributed by atoms with Gasteiger partial charge < -0.3 is 5.11 Å². The van der Waals surface area contributed by atoms with E-state index in [1.165, 1.54) is 45.1 Å². The fourth-order valence-corrected chi connectivity index (χ4v) is 3.66. The van der Waals surface area contributed by atoms with Crippen LogP contribution in [-0.4, -0.2) is 34.6 Å². The zero-order valence-corrected chi connectivity index (χ0v) is 10.5. The summed E-state index contributed by atoms with van der Waals surface area (Å²) in [5.41, 5.74) is 0.